The molecule has 1 amide bonds. The van der Waals surface area contributed by atoms with Gasteiger partial charge in [-0.3, -0.25) is 4.79 Å². The van der Waals surface area contributed by atoms with Crippen molar-refractivity contribution in [3.05, 3.63) is 34.3 Å². The van der Waals surface area contributed by atoms with Crippen molar-refractivity contribution in [3.63, 3.8) is 0 Å². The molecule has 1 aromatic carbocycles. The third-order valence-corrected chi connectivity index (χ3v) is 4.44. The van der Waals surface area contributed by atoms with E-state index in [1.807, 2.05) is 6.92 Å². The number of alkyl halides is 1. The van der Waals surface area contributed by atoms with E-state index in [-0.39, 0.29) is 11.4 Å². The third kappa shape index (κ3) is 3.41. The Labute approximate surface area is 123 Å². The number of hydrogen-bond acceptors (Lipinski definition) is 2. The van der Waals surface area contributed by atoms with Crippen molar-refractivity contribution in [2.24, 2.45) is 0 Å². The lowest BCUT2D eigenvalue weighted by molar-refractivity contribution is 0.0434. The number of carbonyl (C=O) groups is 1. The van der Waals surface area contributed by atoms with Crippen LogP contribution in [0.2, 0.25) is 5.02 Å². The lowest BCUT2D eigenvalue weighted by Gasteiger charge is -2.36. The molecule has 0 saturated carbocycles. The van der Waals surface area contributed by atoms with Gasteiger partial charge in [-0.2, -0.15) is 0 Å². The fraction of sp³-hybridized carbons (Fsp3) is 0.500. The molecule has 5 heteroatoms. The molecule has 104 valence electrons. The van der Waals surface area contributed by atoms with E-state index in [9.17, 15) is 4.79 Å². The highest BCUT2D eigenvalue weighted by atomic mass is 35.5. The van der Waals surface area contributed by atoms with Gasteiger partial charge in [-0.15, -0.1) is 11.6 Å². The van der Waals surface area contributed by atoms with Crippen molar-refractivity contribution in [2.75, 3.05) is 19.1 Å². The number of nitrogens with one attached hydrogen (secondary N) is 1. The summed E-state index contributed by atoms with van der Waals surface area (Å²) in [6.07, 6.45) is 1.49. The zero-order valence-electron chi connectivity index (χ0n) is 10.8. The summed E-state index contributed by atoms with van der Waals surface area (Å²) < 4.78 is 5.32. The van der Waals surface area contributed by atoms with Gasteiger partial charge in [0.2, 0.25) is 0 Å². The molecule has 0 aliphatic carbocycles. The standard InChI is InChI=1S/C14H17Cl2NO2/c1-10-8-11(2-3-12(10)16)13(18)17-14(9-15)4-6-19-7-5-14/h2-3,8H,4-7,9H2,1H3,(H,17,18). The van der Waals surface area contributed by atoms with Gasteiger partial charge in [0.15, 0.2) is 0 Å². The van der Waals surface area contributed by atoms with E-state index in [2.05, 4.69) is 5.32 Å². The molecule has 1 aliphatic heterocycles. The van der Waals surface area contributed by atoms with Crippen LogP contribution in [0, 0.1) is 6.92 Å². The molecule has 1 N–H and O–H groups in total. The first-order valence-electron chi connectivity index (χ1n) is 6.29. The minimum Gasteiger partial charge on any atom is -0.381 e. The van der Waals surface area contributed by atoms with E-state index >= 15 is 0 Å². The summed E-state index contributed by atoms with van der Waals surface area (Å²) in [7, 11) is 0. The normalized spacial score (nSPS) is 18.1. The molecule has 0 radical (unpaired) electrons. The highest BCUT2D eigenvalue weighted by molar-refractivity contribution is 6.31. The number of aryl methyl sites for hydroxylation is 1. The molecule has 1 fully saturated rings. The number of carbonyl (C=O) groups excluding carboxylic acids is 1. The van der Waals surface area contributed by atoms with Crippen LogP contribution < -0.4 is 5.32 Å². The van der Waals surface area contributed by atoms with Gasteiger partial charge in [0.25, 0.3) is 5.91 Å². The highest BCUT2D eigenvalue weighted by Gasteiger charge is 2.33. The summed E-state index contributed by atoms with van der Waals surface area (Å²) >= 11 is 12.0. The van der Waals surface area contributed by atoms with Gasteiger partial charge in [0, 0.05) is 29.7 Å². The highest BCUT2D eigenvalue weighted by Crippen LogP contribution is 2.23. The smallest absolute Gasteiger partial charge is 0.251 e. The fourth-order valence-corrected chi connectivity index (χ4v) is 2.60. The Morgan fingerprint density at radius 3 is 2.68 bits per heavy atom. The summed E-state index contributed by atoms with van der Waals surface area (Å²) in [6, 6.07) is 5.26. The molecule has 1 heterocycles. The zero-order valence-corrected chi connectivity index (χ0v) is 12.4. The first-order valence-corrected chi connectivity index (χ1v) is 7.20. The van der Waals surface area contributed by atoms with E-state index in [0.29, 0.717) is 29.7 Å². The minimum absolute atomic E-state index is 0.109. The Kier molecular flexibility index (Phi) is 4.71. The molecule has 2 rings (SSSR count). The van der Waals surface area contributed by atoms with Crippen LogP contribution in [0.15, 0.2) is 18.2 Å². The van der Waals surface area contributed by atoms with Crippen molar-refractivity contribution in [1.82, 2.24) is 5.32 Å². The van der Waals surface area contributed by atoms with Gasteiger partial charge < -0.3 is 10.1 Å². The van der Waals surface area contributed by atoms with E-state index in [1.165, 1.54) is 0 Å². The van der Waals surface area contributed by atoms with Crippen LogP contribution in [0.1, 0.15) is 28.8 Å². The maximum atomic E-state index is 12.3. The monoisotopic (exact) mass is 301 g/mol. The number of rotatable bonds is 3. The molecule has 1 aliphatic rings. The Bertz CT molecular complexity index is 471. The van der Waals surface area contributed by atoms with Crippen LogP contribution in [0.25, 0.3) is 0 Å². The van der Waals surface area contributed by atoms with Gasteiger partial charge in [-0.25, -0.2) is 0 Å². The second-order valence-corrected chi connectivity index (χ2v) is 5.62. The largest absolute Gasteiger partial charge is 0.381 e. The molecule has 3 nitrogen and oxygen atoms in total. The number of hydrogen-bond donors (Lipinski definition) is 1. The van der Waals surface area contributed by atoms with Gasteiger partial charge in [0.05, 0.1) is 5.54 Å². The van der Waals surface area contributed by atoms with Crippen molar-refractivity contribution >= 4 is 29.1 Å². The van der Waals surface area contributed by atoms with E-state index < -0.39 is 0 Å². The van der Waals surface area contributed by atoms with E-state index in [0.717, 1.165) is 18.4 Å². The lowest BCUT2D eigenvalue weighted by Crippen LogP contribution is -2.53. The molecule has 0 aromatic heterocycles. The molecule has 0 spiro atoms. The van der Waals surface area contributed by atoms with Crippen molar-refractivity contribution < 1.29 is 9.53 Å². The number of benzene rings is 1. The summed E-state index contributed by atoms with van der Waals surface area (Å²) in [5.74, 6) is 0.289. The number of ether oxygens (including phenoxy) is 1. The fourth-order valence-electron chi connectivity index (χ4n) is 2.15. The summed E-state index contributed by atoms with van der Waals surface area (Å²) in [4.78, 5) is 12.3. The van der Waals surface area contributed by atoms with Crippen LogP contribution >= 0.6 is 23.2 Å². The van der Waals surface area contributed by atoms with Crippen LogP contribution in [-0.4, -0.2) is 30.5 Å². The quantitative estimate of drug-likeness (QED) is 0.871. The number of amides is 1. The average Bonchev–Trinajstić information content (AvgIpc) is 2.43. The third-order valence-electron chi connectivity index (χ3n) is 3.50. The van der Waals surface area contributed by atoms with Crippen LogP contribution in [-0.2, 0) is 4.74 Å². The van der Waals surface area contributed by atoms with Gasteiger partial charge in [-0.1, -0.05) is 11.6 Å². The molecular weight excluding hydrogens is 285 g/mol. The first kappa shape index (κ1) is 14.6. The Morgan fingerprint density at radius 2 is 2.11 bits per heavy atom. The van der Waals surface area contributed by atoms with Crippen LogP contribution in [0.4, 0.5) is 0 Å². The maximum absolute atomic E-state index is 12.3. The topological polar surface area (TPSA) is 38.3 Å². The van der Waals surface area contributed by atoms with Crippen molar-refractivity contribution in [2.45, 2.75) is 25.3 Å². The summed E-state index contributed by atoms with van der Waals surface area (Å²) in [5, 5.41) is 3.71. The Balaban J connectivity index is 2.12. The molecule has 1 saturated heterocycles. The molecule has 1 aromatic rings. The van der Waals surface area contributed by atoms with Gasteiger partial charge in [-0.05, 0) is 43.5 Å². The first-order chi connectivity index (χ1) is 9.06. The summed E-state index contributed by atoms with van der Waals surface area (Å²) in [5.41, 5.74) is 1.14. The van der Waals surface area contributed by atoms with Crippen LogP contribution in [0.3, 0.4) is 0 Å². The summed E-state index contributed by atoms with van der Waals surface area (Å²) in [6.45, 7) is 3.14. The molecule has 0 bridgehead atoms. The van der Waals surface area contributed by atoms with Crippen LogP contribution in [0.5, 0.6) is 0 Å². The van der Waals surface area contributed by atoms with Gasteiger partial charge in [0.1, 0.15) is 0 Å². The maximum Gasteiger partial charge on any atom is 0.251 e. The molecule has 19 heavy (non-hydrogen) atoms. The Hall–Kier alpha value is -0.770. The second kappa shape index (κ2) is 6.12. The SMILES string of the molecule is Cc1cc(C(=O)NC2(CCl)CCOCC2)ccc1Cl. The molecular formula is C14H17Cl2NO2. The van der Waals surface area contributed by atoms with E-state index in [1.54, 1.807) is 18.2 Å². The minimum atomic E-state index is -0.357. The van der Waals surface area contributed by atoms with Crippen molar-refractivity contribution in [3.8, 4) is 0 Å². The predicted molar refractivity (Wildman–Crippen MR) is 77.2 cm³/mol. The number of halogens is 2. The van der Waals surface area contributed by atoms with Gasteiger partial charge >= 0.3 is 0 Å². The molecule has 0 atom stereocenters. The second-order valence-electron chi connectivity index (χ2n) is 4.94. The van der Waals surface area contributed by atoms with Crippen molar-refractivity contribution in [1.29, 1.82) is 0 Å². The lowest BCUT2D eigenvalue weighted by atomic mass is 9.91. The predicted octanol–water partition coefficient (Wildman–Crippen LogP) is 3.17. The van der Waals surface area contributed by atoms with E-state index in [4.69, 9.17) is 27.9 Å². The zero-order chi connectivity index (χ0) is 13.9. The Morgan fingerprint density at radius 1 is 1.42 bits per heavy atom. The average molecular weight is 302 g/mol. The molecule has 0 unspecified atom stereocenters.